The molecule has 3 heterocycles. The van der Waals surface area contributed by atoms with Crippen molar-refractivity contribution >= 4 is 5.91 Å². The number of nitrogens with zero attached hydrogens (tertiary/aromatic N) is 3. The molecule has 1 fully saturated rings. The van der Waals surface area contributed by atoms with Crippen LogP contribution in [-0.2, 0) is 30.7 Å². The molecule has 2 aliphatic rings. The predicted molar refractivity (Wildman–Crippen MR) is 122 cm³/mol. The molecule has 0 N–H and O–H groups in total. The first-order valence-electron chi connectivity index (χ1n) is 11.8. The van der Waals surface area contributed by atoms with E-state index >= 15 is 0 Å². The van der Waals surface area contributed by atoms with Crippen LogP contribution in [0.1, 0.15) is 58.8 Å². The fraction of sp³-hybridized carbons (Fsp3) is 0.423. The molecule has 0 bridgehead atoms. The van der Waals surface area contributed by atoms with E-state index in [0.717, 1.165) is 43.7 Å². The summed E-state index contributed by atoms with van der Waals surface area (Å²) in [6.07, 6.45) is 8.47. The minimum absolute atomic E-state index is 0.0383. The van der Waals surface area contributed by atoms with Crippen molar-refractivity contribution in [2.75, 3.05) is 13.2 Å². The lowest BCUT2D eigenvalue weighted by molar-refractivity contribution is 0.0496. The van der Waals surface area contributed by atoms with Gasteiger partial charge in [-0.25, -0.2) is 0 Å². The monoisotopic (exact) mass is 447 g/mol. The molecule has 0 spiro atoms. The topological polar surface area (TPSA) is 77.7 Å². The minimum Gasteiger partial charge on any atom is -0.486 e. The van der Waals surface area contributed by atoms with E-state index in [1.165, 1.54) is 24.0 Å². The maximum atomic E-state index is 13.3. The lowest BCUT2D eigenvalue weighted by atomic mass is 9.92. The van der Waals surface area contributed by atoms with Gasteiger partial charge in [-0.3, -0.25) is 9.78 Å². The highest BCUT2D eigenvalue weighted by Gasteiger charge is 2.26. The molecular formula is C26H29N3O4. The highest BCUT2D eigenvalue weighted by atomic mass is 16.5. The van der Waals surface area contributed by atoms with Crippen molar-refractivity contribution in [3.63, 3.8) is 0 Å². The molecule has 7 heteroatoms. The summed E-state index contributed by atoms with van der Waals surface area (Å²) in [5.41, 5.74) is 3.88. The van der Waals surface area contributed by atoms with Gasteiger partial charge < -0.3 is 18.9 Å². The largest absolute Gasteiger partial charge is 0.486 e. The number of aryl methyl sites for hydroxylation is 2. The predicted octanol–water partition coefficient (Wildman–Crippen LogP) is 4.35. The number of carbonyl (C=O) groups excluding carboxylic acids is 1. The zero-order valence-corrected chi connectivity index (χ0v) is 18.7. The number of benzene rings is 1. The first-order valence-corrected chi connectivity index (χ1v) is 11.8. The van der Waals surface area contributed by atoms with Crippen molar-refractivity contribution in [1.82, 2.24) is 15.0 Å². The molecule has 172 valence electrons. The van der Waals surface area contributed by atoms with Gasteiger partial charge in [0, 0.05) is 25.4 Å². The van der Waals surface area contributed by atoms with Gasteiger partial charge in [0.2, 0.25) is 0 Å². The van der Waals surface area contributed by atoms with Crippen molar-refractivity contribution in [3.05, 3.63) is 76.9 Å². The molecule has 1 aliphatic heterocycles. The fourth-order valence-corrected chi connectivity index (χ4v) is 4.54. The zero-order chi connectivity index (χ0) is 22.5. The molecule has 2 aromatic heterocycles. The van der Waals surface area contributed by atoms with Crippen molar-refractivity contribution in [2.24, 2.45) is 0 Å². The van der Waals surface area contributed by atoms with E-state index in [-0.39, 0.29) is 24.3 Å². The molecule has 0 saturated carbocycles. The zero-order valence-electron chi connectivity index (χ0n) is 18.7. The van der Waals surface area contributed by atoms with Gasteiger partial charge in [-0.05, 0) is 73.9 Å². The number of fused-ring (bicyclic) bond motifs is 1. The van der Waals surface area contributed by atoms with Gasteiger partial charge in [-0.15, -0.1) is 0 Å². The molecule has 0 radical (unpaired) electrons. The second kappa shape index (κ2) is 10.2. The molecule has 1 aromatic carbocycles. The van der Waals surface area contributed by atoms with Gasteiger partial charge in [-0.1, -0.05) is 17.3 Å². The van der Waals surface area contributed by atoms with Crippen molar-refractivity contribution < 1.29 is 18.8 Å². The summed E-state index contributed by atoms with van der Waals surface area (Å²) in [5.74, 6) is 1.14. The van der Waals surface area contributed by atoms with Gasteiger partial charge in [-0.2, -0.15) is 0 Å². The Morgan fingerprint density at radius 2 is 2.00 bits per heavy atom. The van der Waals surface area contributed by atoms with Crippen molar-refractivity contribution in [3.8, 4) is 5.75 Å². The molecule has 33 heavy (non-hydrogen) atoms. The van der Waals surface area contributed by atoms with Gasteiger partial charge in [0.1, 0.15) is 12.4 Å². The van der Waals surface area contributed by atoms with E-state index in [0.29, 0.717) is 18.8 Å². The van der Waals surface area contributed by atoms with Gasteiger partial charge in [0.15, 0.2) is 11.5 Å². The molecule has 7 nitrogen and oxygen atoms in total. The van der Waals surface area contributed by atoms with Gasteiger partial charge in [0.05, 0.1) is 18.3 Å². The summed E-state index contributed by atoms with van der Waals surface area (Å²) in [7, 11) is 0. The number of carbonyl (C=O) groups is 1. The Kier molecular flexibility index (Phi) is 6.67. The summed E-state index contributed by atoms with van der Waals surface area (Å²) >= 11 is 0. The number of pyridine rings is 1. The van der Waals surface area contributed by atoms with E-state index in [1.54, 1.807) is 17.2 Å². The molecule has 1 amide bonds. The van der Waals surface area contributed by atoms with Crippen LogP contribution in [0.3, 0.4) is 0 Å². The standard InChI is InChI=1S/C26H29N3O4/c30-26(29(17-23-9-5-13-31-23)16-21-8-3-4-12-27-21)25-15-24(33-28-25)18-32-22-11-10-19-6-1-2-7-20(19)14-22/h3-4,8,10-12,14-15,23H,1-2,5-7,9,13,16-18H2/t23-/m1/s1. The maximum absolute atomic E-state index is 13.3. The number of hydrogen-bond donors (Lipinski definition) is 0. The Morgan fingerprint density at radius 1 is 1.09 bits per heavy atom. The van der Waals surface area contributed by atoms with Crippen LogP contribution in [0.5, 0.6) is 5.75 Å². The number of rotatable bonds is 8. The van der Waals surface area contributed by atoms with Crippen LogP contribution in [0.25, 0.3) is 0 Å². The molecular weight excluding hydrogens is 418 g/mol. The Hall–Kier alpha value is -3.19. The number of amides is 1. The molecule has 3 aromatic rings. The normalized spacial score (nSPS) is 17.5. The van der Waals surface area contributed by atoms with Crippen molar-refractivity contribution in [1.29, 1.82) is 0 Å². The lowest BCUT2D eigenvalue weighted by Gasteiger charge is -2.24. The van der Waals surface area contributed by atoms with E-state index in [4.69, 9.17) is 14.0 Å². The third-order valence-corrected chi connectivity index (χ3v) is 6.29. The second-order valence-electron chi connectivity index (χ2n) is 8.75. The summed E-state index contributed by atoms with van der Waals surface area (Å²) in [6, 6.07) is 13.6. The van der Waals surface area contributed by atoms with Crippen LogP contribution in [0.2, 0.25) is 0 Å². The first kappa shape index (κ1) is 21.6. The maximum Gasteiger partial charge on any atom is 0.276 e. The quantitative estimate of drug-likeness (QED) is 0.511. The van der Waals surface area contributed by atoms with Crippen LogP contribution in [0.15, 0.2) is 53.2 Å². The smallest absolute Gasteiger partial charge is 0.276 e. The molecule has 1 aliphatic carbocycles. The molecule has 5 rings (SSSR count). The van der Waals surface area contributed by atoms with Crippen LogP contribution in [0.4, 0.5) is 0 Å². The molecule has 1 saturated heterocycles. The molecule has 0 unspecified atom stereocenters. The highest BCUT2D eigenvalue weighted by Crippen LogP contribution is 2.26. The van der Waals surface area contributed by atoms with Crippen LogP contribution >= 0.6 is 0 Å². The minimum atomic E-state index is -0.195. The Balaban J connectivity index is 1.24. The average Bonchev–Trinajstić information content (AvgIpc) is 3.55. The van der Waals surface area contributed by atoms with Gasteiger partial charge >= 0.3 is 0 Å². The number of hydrogen-bond acceptors (Lipinski definition) is 6. The fourth-order valence-electron chi connectivity index (χ4n) is 4.54. The first-order chi connectivity index (χ1) is 16.2. The van der Waals surface area contributed by atoms with Crippen molar-refractivity contribution in [2.45, 2.75) is 57.8 Å². The Bertz CT molecular complexity index is 1080. The van der Waals surface area contributed by atoms with E-state index in [1.807, 2.05) is 24.3 Å². The van der Waals surface area contributed by atoms with Crippen LogP contribution in [-0.4, -0.2) is 40.2 Å². The third kappa shape index (κ3) is 5.42. The molecule has 1 atom stereocenters. The summed E-state index contributed by atoms with van der Waals surface area (Å²) in [4.78, 5) is 19.4. The van der Waals surface area contributed by atoms with E-state index < -0.39 is 0 Å². The average molecular weight is 448 g/mol. The second-order valence-corrected chi connectivity index (χ2v) is 8.75. The van der Waals surface area contributed by atoms with E-state index in [2.05, 4.69) is 22.3 Å². The summed E-state index contributed by atoms with van der Waals surface area (Å²) in [5, 5.41) is 4.03. The highest BCUT2D eigenvalue weighted by molar-refractivity contribution is 5.92. The van der Waals surface area contributed by atoms with Crippen LogP contribution in [0, 0.1) is 0 Å². The SMILES string of the molecule is O=C(c1cc(COc2ccc3c(c2)CCCC3)on1)N(Cc1ccccn1)C[C@H]1CCCO1. The van der Waals surface area contributed by atoms with Crippen LogP contribution < -0.4 is 4.74 Å². The number of aromatic nitrogens is 2. The number of ether oxygens (including phenoxy) is 2. The van der Waals surface area contributed by atoms with E-state index in [9.17, 15) is 4.79 Å². The summed E-state index contributed by atoms with van der Waals surface area (Å²) < 4.78 is 17.1. The third-order valence-electron chi connectivity index (χ3n) is 6.29. The van der Waals surface area contributed by atoms with Gasteiger partial charge in [0.25, 0.3) is 5.91 Å². The lowest BCUT2D eigenvalue weighted by Crippen LogP contribution is -2.37. The Labute approximate surface area is 193 Å². The Morgan fingerprint density at radius 3 is 2.82 bits per heavy atom. The summed E-state index contributed by atoms with van der Waals surface area (Å²) in [6.45, 7) is 1.87.